The highest BCUT2D eigenvalue weighted by atomic mass is 19.1. The summed E-state index contributed by atoms with van der Waals surface area (Å²) in [7, 11) is 0. The van der Waals surface area contributed by atoms with Crippen LogP contribution in [0.15, 0.2) is 34.3 Å². The van der Waals surface area contributed by atoms with E-state index in [0.717, 1.165) is 6.20 Å². The SMILES string of the molecule is N#C/C(=N\Nc1ccc2c(F)c[nH]c(=O)c2c1)C(=N)N. The lowest BCUT2D eigenvalue weighted by molar-refractivity contribution is 0.633. The highest BCUT2D eigenvalue weighted by Gasteiger charge is 2.06. The van der Waals surface area contributed by atoms with Crippen molar-refractivity contribution in [2.45, 2.75) is 0 Å². The Bertz CT molecular complexity index is 817. The number of fused-ring (bicyclic) bond motifs is 1. The molecule has 8 heteroatoms. The molecular formula is C12H9FN6O. The lowest BCUT2D eigenvalue weighted by Gasteiger charge is -2.03. The Kier molecular flexibility index (Phi) is 3.43. The Morgan fingerprint density at radius 3 is 2.90 bits per heavy atom. The Morgan fingerprint density at radius 1 is 1.50 bits per heavy atom. The second-order valence-electron chi connectivity index (χ2n) is 3.82. The molecule has 0 atom stereocenters. The zero-order chi connectivity index (χ0) is 14.7. The molecule has 1 aromatic heterocycles. The van der Waals surface area contributed by atoms with E-state index in [2.05, 4.69) is 15.5 Å². The molecule has 0 aliphatic rings. The molecule has 5 N–H and O–H groups in total. The molecule has 7 nitrogen and oxygen atoms in total. The zero-order valence-corrected chi connectivity index (χ0v) is 10.1. The van der Waals surface area contributed by atoms with Crippen LogP contribution in [0.2, 0.25) is 0 Å². The number of aromatic nitrogens is 1. The van der Waals surface area contributed by atoms with E-state index in [-0.39, 0.29) is 16.5 Å². The van der Waals surface area contributed by atoms with Crippen LogP contribution in [-0.4, -0.2) is 16.5 Å². The highest BCUT2D eigenvalue weighted by molar-refractivity contribution is 6.45. The number of rotatable bonds is 3. The maximum atomic E-state index is 13.5. The number of pyridine rings is 1. The number of amidine groups is 1. The Hall–Kier alpha value is -3.21. The molecule has 100 valence electrons. The summed E-state index contributed by atoms with van der Waals surface area (Å²) in [5.41, 5.74) is 7.24. The van der Waals surface area contributed by atoms with E-state index < -0.39 is 17.2 Å². The average molecular weight is 272 g/mol. The van der Waals surface area contributed by atoms with Crippen molar-refractivity contribution in [3.63, 3.8) is 0 Å². The predicted molar refractivity (Wildman–Crippen MR) is 73.1 cm³/mol. The summed E-state index contributed by atoms with van der Waals surface area (Å²) in [6.45, 7) is 0. The largest absolute Gasteiger partial charge is 0.382 e. The molecule has 0 saturated carbocycles. The fourth-order valence-electron chi connectivity index (χ4n) is 1.56. The Morgan fingerprint density at radius 2 is 2.25 bits per heavy atom. The number of hydrogen-bond acceptors (Lipinski definition) is 5. The van der Waals surface area contributed by atoms with Gasteiger partial charge in [0.2, 0.25) is 5.71 Å². The third kappa shape index (κ3) is 2.46. The summed E-state index contributed by atoms with van der Waals surface area (Å²) in [6, 6.07) is 5.93. The first kappa shape index (κ1) is 13.2. The molecule has 0 aliphatic heterocycles. The van der Waals surface area contributed by atoms with Crippen LogP contribution >= 0.6 is 0 Å². The number of aromatic amines is 1. The minimum atomic E-state index is -0.545. The fraction of sp³-hybridized carbons (Fsp3) is 0. The van der Waals surface area contributed by atoms with Crippen molar-refractivity contribution >= 4 is 28.0 Å². The number of H-pyrrole nitrogens is 1. The van der Waals surface area contributed by atoms with Crippen molar-refractivity contribution in [1.29, 1.82) is 10.7 Å². The minimum absolute atomic E-state index is 0.145. The number of nitrogens with one attached hydrogen (secondary N) is 3. The average Bonchev–Trinajstić information content (AvgIpc) is 2.43. The van der Waals surface area contributed by atoms with Gasteiger partial charge in [-0.15, -0.1) is 0 Å². The molecule has 0 fully saturated rings. The molecule has 1 aromatic carbocycles. The summed E-state index contributed by atoms with van der Waals surface area (Å²) in [4.78, 5) is 13.9. The van der Waals surface area contributed by atoms with Crippen LogP contribution in [0, 0.1) is 22.6 Å². The monoisotopic (exact) mass is 272 g/mol. The smallest absolute Gasteiger partial charge is 0.256 e. The van der Waals surface area contributed by atoms with Crippen LogP contribution < -0.4 is 16.7 Å². The molecular weight excluding hydrogens is 263 g/mol. The van der Waals surface area contributed by atoms with Crippen molar-refractivity contribution in [2.75, 3.05) is 5.43 Å². The lowest BCUT2D eigenvalue weighted by Crippen LogP contribution is -2.21. The van der Waals surface area contributed by atoms with Gasteiger partial charge in [0.05, 0.1) is 11.1 Å². The lowest BCUT2D eigenvalue weighted by atomic mass is 10.1. The zero-order valence-electron chi connectivity index (χ0n) is 10.1. The van der Waals surface area contributed by atoms with Crippen LogP contribution in [0.1, 0.15) is 0 Å². The summed E-state index contributed by atoms with van der Waals surface area (Å²) in [5, 5.41) is 19.7. The number of hydrazone groups is 1. The fourth-order valence-corrected chi connectivity index (χ4v) is 1.56. The van der Waals surface area contributed by atoms with E-state index in [0.29, 0.717) is 5.69 Å². The van der Waals surface area contributed by atoms with E-state index in [1.807, 2.05) is 0 Å². The number of nitriles is 1. The van der Waals surface area contributed by atoms with E-state index in [1.165, 1.54) is 18.2 Å². The first-order valence-corrected chi connectivity index (χ1v) is 5.42. The minimum Gasteiger partial charge on any atom is -0.382 e. The molecule has 2 aromatic rings. The molecule has 0 saturated heterocycles. The Balaban J connectivity index is 2.44. The third-order valence-electron chi connectivity index (χ3n) is 2.51. The van der Waals surface area contributed by atoms with Gasteiger partial charge in [0.15, 0.2) is 5.84 Å². The Labute approximate surface area is 112 Å². The summed E-state index contributed by atoms with van der Waals surface area (Å²) < 4.78 is 13.5. The van der Waals surface area contributed by atoms with Gasteiger partial charge in [-0.05, 0) is 18.2 Å². The number of anilines is 1. The van der Waals surface area contributed by atoms with E-state index >= 15 is 0 Å². The van der Waals surface area contributed by atoms with E-state index in [4.69, 9.17) is 16.4 Å². The van der Waals surface area contributed by atoms with Gasteiger partial charge in [0.1, 0.15) is 11.9 Å². The van der Waals surface area contributed by atoms with Gasteiger partial charge in [0, 0.05) is 11.6 Å². The van der Waals surface area contributed by atoms with Crippen LogP contribution in [0.5, 0.6) is 0 Å². The van der Waals surface area contributed by atoms with E-state index in [1.54, 1.807) is 6.07 Å². The highest BCUT2D eigenvalue weighted by Crippen LogP contribution is 2.18. The summed E-state index contributed by atoms with van der Waals surface area (Å²) >= 11 is 0. The number of benzene rings is 1. The van der Waals surface area contributed by atoms with Gasteiger partial charge in [0.25, 0.3) is 5.56 Å². The van der Waals surface area contributed by atoms with Crippen LogP contribution in [0.3, 0.4) is 0 Å². The number of nitrogens with zero attached hydrogens (tertiary/aromatic N) is 2. The number of hydrogen-bond donors (Lipinski definition) is 4. The van der Waals surface area contributed by atoms with Crippen LogP contribution in [0.4, 0.5) is 10.1 Å². The van der Waals surface area contributed by atoms with Crippen molar-refractivity contribution in [3.8, 4) is 6.07 Å². The van der Waals surface area contributed by atoms with Crippen molar-refractivity contribution in [1.82, 2.24) is 4.98 Å². The molecule has 0 bridgehead atoms. The molecule has 20 heavy (non-hydrogen) atoms. The maximum Gasteiger partial charge on any atom is 0.256 e. The number of halogens is 1. The van der Waals surface area contributed by atoms with Crippen molar-refractivity contribution in [2.24, 2.45) is 10.8 Å². The molecule has 2 rings (SSSR count). The third-order valence-corrected chi connectivity index (χ3v) is 2.51. The topological polar surface area (TPSA) is 131 Å². The normalized spacial score (nSPS) is 11.1. The molecule has 1 heterocycles. The number of nitrogens with two attached hydrogens (primary N) is 1. The van der Waals surface area contributed by atoms with Gasteiger partial charge in [-0.3, -0.25) is 15.6 Å². The molecule has 0 unspecified atom stereocenters. The standard InChI is InChI=1S/C12H9FN6O/c13-9-5-17-12(20)8-3-6(1-2-7(8)9)18-19-10(4-14)11(15)16/h1-3,5,18H,(H3,15,16)(H,17,20)/b19-10+. The first-order chi connectivity index (χ1) is 9.52. The summed E-state index contributed by atoms with van der Waals surface area (Å²) in [5.74, 6) is -1.03. The first-order valence-electron chi connectivity index (χ1n) is 5.42. The molecule has 0 spiro atoms. The molecule has 0 radical (unpaired) electrons. The summed E-state index contributed by atoms with van der Waals surface area (Å²) in [6.07, 6.45) is 0.986. The predicted octanol–water partition coefficient (Wildman–Crippen LogP) is 0.895. The van der Waals surface area contributed by atoms with Crippen molar-refractivity contribution < 1.29 is 4.39 Å². The maximum absolute atomic E-state index is 13.5. The van der Waals surface area contributed by atoms with Crippen LogP contribution in [0.25, 0.3) is 10.8 Å². The van der Waals surface area contributed by atoms with Gasteiger partial charge < -0.3 is 10.7 Å². The molecule has 0 amide bonds. The van der Waals surface area contributed by atoms with E-state index in [9.17, 15) is 9.18 Å². The second-order valence-corrected chi connectivity index (χ2v) is 3.82. The van der Waals surface area contributed by atoms with Crippen LogP contribution in [-0.2, 0) is 0 Å². The van der Waals surface area contributed by atoms with Gasteiger partial charge in [-0.1, -0.05) is 0 Å². The molecule has 0 aliphatic carbocycles. The van der Waals surface area contributed by atoms with Crippen molar-refractivity contribution in [3.05, 3.63) is 40.6 Å². The van der Waals surface area contributed by atoms with Gasteiger partial charge in [-0.2, -0.15) is 10.4 Å². The quantitative estimate of drug-likeness (QED) is 0.375. The van der Waals surface area contributed by atoms with Gasteiger partial charge >= 0.3 is 0 Å². The van der Waals surface area contributed by atoms with Gasteiger partial charge in [-0.25, -0.2) is 4.39 Å². The second kappa shape index (κ2) is 5.19.